The van der Waals surface area contributed by atoms with Crippen LogP contribution in [0.1, 0.15) is 18.4 Å². The number of sulfonamides is 1. The molecule has 0 radical (unpaired) electrons. The molecule has 1 heterocycles. The molecule has 1 aliphatic heterocycles. The van der Waals surface area contributed by atoms with Gasteiger partial charge < -0.3 is 9.47 Å². The van der Waals surface area contributed by atoms with E-state index in [0.29, 0.717) is 12.8 Å². The second-order valence-electron chi connectivity index (χ2n) is 5.68. The Morgan fingerprint density at radius 1 is 1.17 bits per heavy atom. The monoisotopic (exact) mass is 355 g/mol. The van der Waals surface area contributed by atoms with Crippen LogP contribution in [0.25, 0.3) is 0 Å². The molecule has 0 saturated carbocycles. The number of nitrogens with zero attached hydrogens (tertiary/aromatic N) is 1. The Hall–Kier alpha value is -1.93. The van der Waals surface area contributed by atoms with E-state index in [0.717, 1.165) is 5.56 Å². The quantitative estimate of drug-likeness (QED) is 0.735. The molecule has 1 aromatic rings. The normalized spacial score (nSPS) is 16.6. The lowest BCUT2D eigenvalue weighted by molar-refractivity contribution is -0.160. The van der Waals surface area contributed by atoms with Gasteiger partial charge in [-0.1, -0.05) is 17.7 Å². The zero-order valence-electron chi connectivity index (χ0n) is 13.7. The molecular weight excluding hydrogens is 334 g/mol. The summed E-state index contributed by atoms with van der Waals surface area (Å²) < 4.78 is 35.8. The van der Waals surface area contributed by atoms with Crippen LogP contribution in [-0.2, 0) is 29.1 Å². The fourth-order valence-electron chi connectivity index (χ4n) is 2.50. The Morgan fingerprint density at radius 3 is 2.29 bits per heavy atom. The maximum atomic E-state index is 12.6. The number of aryl methyl sites for hydroxylation is 1. The number of hydrogen-bond donors (Lipinski definition) is 0. The van der Waals surface area contributed by atoms with E-state index in [1.54, 1.807) is 24.3 Å². The Bertz CT molecular complexity index is 690. The second kappa shape index (κ2) is 7.76. The summed E-state index contributed by atoms with van der Waals surface area (Å²) in [5.74, 6) is -1.52. The standard InChI is InChI=1S/C16H21NO6S/c1-12-3-5-14(6-4-12)24(20,21)17-9-7-13(8-10-17)16(19)23-11-15(18)22-2/h3-6,13H,7-11H2,1-2H3. The van der Waals surface area contributed by atoms with Crippen LogP contribution in [0.15, 0.2) is 29.2 Å². The smallest absolute Gasteiger partial charge is 0.344 e. The van der Waals surface area contributed by atoms with E-state index < -0.39 is 34.5 Å². The highest BCUT2D eigenvalue weighted by atomic mass is 32.2. The topological polar surface area (TPSA) is 90.0 Å². The van der Waals surface area contributed by atoms with E-state index in [1.807, 2.05) is 6.92 Å². The first-order chi connectivity index (χ1) is 11.3. The van der Waals surface area contributed by atoms with Gasteiger partial charge in [-0.25, -0.2) is 13.2 Å². The summed E-state index contributed by atoms with van der Waals surface area (Å²) in [6.45, 7) is 1.96. The highest BCUT2D eigenvalue weighted by Gasteiger charge is 2.32. The minimum absolute atomic E-state index is 0.244. The molecule has 0 N–H and O–H groups in total. The third kappa shape index (κ3) is 4.33. The van der Waals surface area contributed by atoms with Gasteiger partial charge in [-0.15, -0.1) is 0 Å². The van der Waals surface area contributed by atoms with E-state index in [1.165, 1.54) is 11.4 Å². The average Bonchev–Trinajstić information content (AvgIpc) is 2.59. The third-order valence-electron chi connectivity index (χ3n) is 4.01. The molecule has 7 nitrogen and oxygen atoms in total. The van der Waals surface area contributed by atoms with Crippen LogP contribution in [-0.4, -0.2) is 51.5 Å². The van der Waals surface area contributed by atoms with Crippen LogP contribution in [0.4, 0.5) is 0 Å². The van der Waals surface area contributed by atoms with Crippen molar-refractivity contribution in [3.05, 3.63) is 29.8 Å². The summed E-state index contributed by atoms with van der Waals surface area (Å²) in [4.78, 5) is 23.1. The molecular formula is C16H21NO6S. The molecule has 1 fully saturated rings. The number of ether oxygens (including phenoxy) is 2. The Kier molecular flexibility index (Phi) is 5.95. The van der Waals surface area contributed by atoms with Gasteiger partial charge in [-0.2, -0.15) is 4.31 Å². The van der Waals surface area contributed by atoms with Gasteiger partial charge in [-0.05, 0) is 31.9 Å². The first kappa shape index (κ1) is 18.4. The SMILES string of the molecule is COC(=O)COC(=O)C1CCN(S(=O)(=O)c2ccc(C)cc2)CC1. The third-order valence-corrected chi connectivity index (χ3v) is 5.92. The minimum atomic E-state index is -3.55. The lowest BCUT2D eigenvalue weighted by Gasteiger charge is -2.30. The second-order valence-corrected chi connectivity index (χ2v) is 7.61. The van der Waals surface area contributed by atoms with Crippen molar-refractivity contribution in [2.75, 3.05) is 26.8 Å². The zero-order chi connectivity index (χ0) is 17.7. The highest BCUT2D eigenvalue weighted by molar-refractivity contribution is 7.89. The van der Waals surface area contributed by atoms with Crippen molar-refractivity contribution < 1.29 is 27.5 Å². The lowest BCUT2D eigenvalue weighted by atomic mass is 9.98. The van der Waals surface area contributed by atoms with Gasteiger partial charge in [-0.3, -0.25) is 4.79 Å². The zero-order valence-corrected chi connectivity index (χ0v) is 14.5. The van der Waals surface area contributed by atoms with Crippen LogP contribution in [0, 0.1) is 12.8 Å². The van der Waals surface area contributed by atoms with Gasteiger partial charge in [0.25, 0.3) is 0 Å². The lowest BCUT2D eigenvalue weighted by Crippen LogP contribution is -2.40. The van der Waals surface area contributed by atoms with Gasteiger partial charge in [0.1, 0.15) is 0 Å². The number of rotatable bonds is 5. The largest absolute Gasteiger partial charge is 0.466 e. The van der Waals surface area contributed by atoms with Crippen LogP contribution >= 0.6 is 0 Å². The molecule has 2 rings (SSSR count). The molecule has 0 spiro atoms. The molecule has 1 aliphatic rings. The molecule has 0 atom stereocenters. The van der Waals surface area contributed by atoms with Crippen molar-refractivity contribution in [1.29, 1.82) is 0 Å². The van der Waals surface area contributed by atoms with Crippen LogP contribution in [0.2, 0.25) is 0 Å². The summed E-state index contributed by atoms with van der Waals surface area (Å²) >= 11 is 0. The van der Waals surface area contributed by atoms with Crippen molar-refractivity contribution in [2.45, 2.75) is 24.7 Å². The minimum Gasteiger partial charge on any atom is -0.466 e. The van der Waals surface area contributed by atoms with Gasteiger partial charge in [0.2, 0.25) is 10.0 Å². The number of methoxy groups -OCH3 is 1. The van der Waals surface area contributed by atoms with E-state index >= 15 is 0 Å². The molecule has 8 heteroatoms. The van der Waals surface area contributed by atoms with Gasteiger partial charge >= 0.3 is 11.9 Å². The molecule has 0 aliphatic carbocycles. The molecule has 0 bridgehead atoms. The fourth-order valence-corrected chi connectivity index (χ4v) is 3.97. The number of esters is 2. The highest BCUT2D eigenvalue weighted by Crippen LogP contribution is 2.24. The van der Waals surface area contributed by atoms with Gasteiger partial charge in [0, 0.05) is 13.1 Å². The van der Waals surface area contributed by atoms with Crippen LogP contribution < -0.4 is 0 Å². The fraction of sp³-hybridized carbons (Fsp3) is 0.500. The van der Waals surface area contributed by atoms with Crippen molar-refractivity contribution >= 4 is 22.0 Å². The van der Waals surface area contributed by atoms with Crippen molar-refractivity contribution in [1.82, 2.24) is 4.31 Å². The predicted octanol–water partition coefficient (Wildman–Crippen LogP) is 1.11. The van der Waals surface area contributed by atoms with Gasteiger partial charge in [0.05, 0.1) is 17.9 Å². The molecule has 132 valence electrons. The van der Waals surface area contributed by atoms with Gasteiger partial charge in [0.15, 0.2) is 6.61 Å². The summed E-state index contributed by atoms with van der Waals surface area (Å²) in [7, 11) is -2.34. The summed E-state index contributed by atoms with van der Waals surface area (Å²) in [5.41, 5.74) is 0.987. The van der Waals surface area contributed by atoms with Crippen LogP contribution in [0.3, 0.4) is 0 Å². The van der Waals surface area contributed by atoms with E-state index in [-0.39, 0.29) is 18.0 Å². The first-order valence-corrected chi connectivity index (χ1v) is 9.09. The summed E-state index contributed by atoms with van der Waals surface area (Å²) in [6, 6.07) is 6.68. The molecule has 0 amide bonds. The first-order valence-electron chi connectivity index (χ1n) is 7.65. The van der Waals surface area contributed by atoms with Crippen molar-refractivity contribution in [3.63, 3.8) is 0 Å². The molecule has 0 aromatic heterocycles. The van der Waals surface area contributed by atoms with E-state index in [2.05, 4.69) is 4.74 Å². The van der Waals surface area contributed by atoms with Crippen molar-refractivity contribution in [3.8, 4) is 0 Å². The number of hydrogen-bond acceptors (Lipinski definition) is 6. The Balaban J connectivity index is 1.93. The number of benzene rings is 1. The molecule has 0 unspecified atom stereocenters. The average molecular weight is 355 g/mol. The molecule has 24 heavy (non-hydrogen) atoms. The molecule has 1 aromatic carbocycles. The number of carbonyl (C=O) groups excluding carboxylic acids is 2. The number of carbonyl (C=O) groups is 2. The maximum Gasteiger partial charge on any atom is 0.344 e. The van der Waals surface area contributed by atoms with Crippen LogP contribution in [0.5, 0.6) is 0 Å². The maximum absolute atomic E-state index is 12.6. The summed E-state index contributed by atoms with van der Waals surface area (Å²) in [5, 5.41) is 0. The number of piperidine rings is 1. The predicted molar refractivity (Wildman–Crippen MR) is 85.6 cm³/mol. The Morgan fingerprint density at radius 2 is 1.75 bits per heavy atom. The van der Waals surface area contributed by atoms with E-state index in [4.69, 9.17) is 4.74 Å². The van der Waals surface area contributed by atoms with E-state index in [9.17, 15) is 18.0 Å². The van der Waals surface area contributed by atoms with Crippen molar-refractivity contribution in [2.24, 2.45) is 5.92 Å². The Labute approximate surface area is 141 Å². The summed E-state index contributed by atoms with van der Waals surface area (Å²) in [6.07, 6.45) is 0.732. The molecule has 1 saturated heterocycles.